The summed E-state index contributed by atoms with van der Waals surface area (Å²) in [4.78, 5) is 19.5. The number of carbonyl (C=O) groups is 1. The molecule has 0 radical (unpaired) electrons. The third-order valence-electron chi connectivity index (χ3n) is 4.40. The van der Waals surface area contributed by atoms with Crippen LogP contribution in [0.5, 0.6) is 0 Å². The quantitative estimate of drug-likeness (QED) is 0.378. The summed E-state index contributed by atoms with van der Waals surface area (Å²) in [6.45, 7) is 4.25. The highest BCUT2D eigenvalue weighted by Gasteiger charge is 2.23. The standard InChI is InChI=1S/C21H23Cl3N2O2/c1-5-17(14-6-7-18(23)19(24)11-14)20(25-28-4)12-26(3)21(27)15-8-13(2)9-16(22)10-15/h6-11,17H,5,12H2,1-4H3/b25-20-. The van der Waals surface area contributed by atoms with Crippen molar-refractivity contribution >= 4 is 46.4 Å². The maximum atomic E-state index is 12.9. The molecule has 0 aliphatic heterocycles. The van der Waals surface area contributed by atoms with Crippen LogP contribution >= 0.6 is 34.8 Å². The molecule has 0 aliphatic rings. The Kier molecular flexibility index (Phi) is 8.17. The number of hydrogen-bond donors (Lipinski definition) is 0. The molecule has 150 valence electrons. The van der Waals surface area contributed by atoms with E-state index in [9.17, 15) is 4.79 Å². The second-order valence-corrected chi connectivity index (χ2v) is 7.83. The van der Waals surface area contributed by atoms with E-state index in [2.05, 4.69) is 5.16 Å². The monoisotopic (exact) mass is 440 g/mol. The van der Waals surface area contributed by atoms with Crippen LogP contribution in [0.1, 0.15) is 40.7 Å². The summed E-state index contributed by atoms with van der Waals surface area (Å²) in [5.41, 5.74) is 3.15. The van der Waals surface area contributed by atoms with E-state index in [0.717, 1.165) is 23.3 Å². The maximum absolute atomic E-state index is 12.9. The number of halogens is 3. The summed E-state index contributed by atoms with van der Waals surface area (Å²) in [6, 6.07) is 10.8. The molecule has 0 heterocycles. The number of aryl methyl sites for hydroxylation is 1. The van der Waals surface area contributed by atoms with Gasteiger partial charge >= 0.3 is 0 Å². The predicted octanol–water partition coefficient (Wildman–Crippen LogP) is 6.22. The third kappa shape index (κ3) is 5.63. The average molecular weight is 442 g/mol. The van der Waals surface area contributed by atoms with Crippen LogP contribution in [0.15, 0.2) is 41.6 Å². The van der Waals surface area contributed by atoms with Crippen molar-refractivity contribution in [1.82, 2.24) is 4.90 Å². The summed E-state index contributed by atoms with van der Waals surface area (Å²) < 4.78 is 0. The average Bonchev–Trinajstić information content (AvgIpc) is 2.63. The van der Waals surface area contributed by atoms with E-state index in [-0.39, 0.29) is 11.8 Å². The molecule has 7 heteroatoms. The Balaban J connectivity index is 2.28. The van der Waals surface area contributed by atoms with Crippen molar-refractivity contribution in [2.75, 3.05) is 20.7 Å². The zero-order chi connectivity index (χ0) is 20.8. The molecule has 2 aromatic rings. The Hall–Kier alpha value is -1.75. The van der Waals surface area contributed by atoms with Gasteiger partial charge in [0.1, 0.15) is 7.11 Å². The maximum Gasteiger partial charge on any atom is 0.253 e. The molecule has 0 aliphatic carbocycles. The summed E-state index contributed by atoms with van der Waals surface area (Å²) in [6.07, 6.45) is 0.762. The van der Waals surface area contributed by atoms with Gasteiger partial charge in [-0.25, -0.2) is 0 Å². The molecule has 0 aromatic heterocycles. The van der Waals surface area contributed by atoms with E-state index in [1.165, 1.54) is 7.11 Å². The molecule has 28 heavy (non-hydrogen) atoms. The zero-order valence-electron chi connectivity index (χ0n) is 16.3. The minimum atomic E-state index is -0.140. The van der Waals surface area contributed by atoms with Gasteiger partial charge in [-0.15, -0.1) is 0 Å². The van der Waals surface area contributed by atoms with Gasteiger partial charge in [0.15, 0.2) is 0 Å². The fourth-order valence-electron chi connectivity index (χ4n) is 3.11. The fourth-order valence-corrected chi connectivity index (χ4v) is 3.70. The van der Waals surface area contributed by atoms with Gasteiger partial charge in [-0.3, -0.25) is 4.79 Å². The minimum absolute atomic E-state index is 0.0638. The van der Waals surface area contributed by atoms with Gasteiger partial charge in [0.2, 0.25) is 0 Å². The van der Waals surface area contributed by atoms with Crippen LogP contribution in [0.3, 0.4) is 0 Å². The topological polar surface area (TPSA) is 41.9 Å². The lowest BCUT2D eigenvalue weighted by atomic mass is 9.91. The normalized spacial score (nSPS) is 12.6. The Morgan fingerprint density at radius 1 is 1.14 bits per heavy atom. The van der Waals surface area contributed by atoms with Gasteiger partial charge < -0.3 is 9.74 Å². The number of benzene rings is 2. The highest BCUT2D eigenvalue weighted by atomic mass is 35.5. The molecule has 4 nitrogen and oxygen atoms in total. The molecule has 2 aromatic carbocycles. The van der Waals surface area contributed by atoms with Crippen molar-refractivity contribution in [1.29, 1.82) is 0 Å². The largest absolute Gasteiger partial charge is 0.399 e. The zero-order valence-corrected chi connectivity index (χ0v) is 18.6. The minimum Gasteiger partial charge on any atom is -0.399 e. The summed E-state index contributed by atoms with van der Waals surface area (Å²) in [7, 11) is 3.22. The number of amides is 1. The van der Waals surface area contributed by atoms with Crippen LogP contribution < -0.4 is 0 Å². The number of carbonyl (C=O) groups excluding carboxylic acids is 1. The Labute approximate surface area is 181 Å². The van der Waals surface area contributed by atoms with Crippen LogP contribution in [0.2, 0.25) is 15.1 Å². The number of rotatable bonds is 7. The second kappa shape index (κ2) is 10.1. The lowest BCUT2D eigenvalue weighted by Crippen LogP contribution is -2.34. The molecule has 1 amide bonds. The van der Waals surface area contributed by atoms with Crippen LogP contribution in [0.25, 0.3) is 0 Å². The van der Waals surface area contributed by atoms with E-state index in [1.807, 2.05) is 38.1 Å². The predicted molar refractivity (Wildman–Crippen MR) is 117 cm³/mol. The van der Waals surface area contributed by atoms with Gasteiger partial charge in [-0.2, -0.15) is 0 Å². The highest BCUT2D eigenvalue weighted by Crippen LogP contribution is 2.29. The molecule has 0 spiro atoms. The molecule has 2 rings (SSSR count). The Morgan fingerprint density at radius 3 is 2.43 bits per heavy atom. The van der Waals surface area contributed by atoms with Crippen molar-refractivity contribution in [2.45, 2.75) is 26.2 Å². The van der Waals surface area contributed by atoms with E-state index < -0.39 is 0 Å². The fraction of sp³-hybridized carbons (Fsp3) is 0.333. The van der Waals surface area contributed by atoms with E-state index in [1.54, 1.807) is 24.1 Å². The van der Waals surface area contributed by atoms with Crippen LogP contribution in [0, 0.1) is 6.92 Å². The molecule has 0 saturated carbocycles. The smallest absolute Gasteiger partial charge is 0.253 e. The van der Waals surface area contributed by atoms with E-state index in [4.69, 9.17) is 39.6 Å². The molecular formula is C21H23Cl3N2O2. The highest BCUT2D eigenvalue weighted by molar-refractivity contribution is 6.42. The molecule has 1 atom stereocenters. The SMILES string of the molecule is CCC(/C(CN(C)C(=O)c1cc(C)cc(Cl)c1)=N\OC)c1ccc(Cl)c(Cl)c1. The second-order valence-electron chi connectivity index (χ2n) is 6.58. The lowest BCUT2D eigenvalue weighted by molar-refractivity contribution is 0.0812. The Morgan fingerprint density at radius 2 is 1.86 bits per heavy atom. The first-order chi connectivity index (χ1) is 13.3. The summed E-state index contributed by atoms with van der Waals surface area (Å²) in [5.74, 6) is -0.204. The van der Waals surface area contributed by atoms with Crippen molar-refractivity contribution in [3.8, 4) is 0 Å². The third-order valence-corrected chi connectivity index (χ3v) is 5.36. The molecule has 0 bridgehead atoms. The Bertz CT molecular complexity index is 864. The first-order valence-electron chi connectivity index (χ1n) is 8.84. The molecule has 0 saturated heterocycles. The summed E-state index contributed by atoms with van der Waals surface area (Å²) in [5, 5.41) is 5.70. The lowest BCUT2D eigenvalue weighted by Gasteiger charge is -2.23. The molecule has 0 N–H and O–H groups in total. The first kappa shape index (κ1) is 22.5. The molecule has 0 fully saturated rings. The van der Waals surface area contributed by atoms with Gasteiger partial charge in [-0.05, 0) is 54.8 Å². The van der Waals surface area contributed by atoms with Gasteiger partial charge in [-0.1, -0.05) is 52.9 Å². The van der Waals surface area contributed by atoms with E-state index >= 15 is 0 Å². The first-order valence-corrected chi connectivity index (χ1v) is 9.97. The van der Waals surface area contributed by atoms with Crippen molar-refractivity contribution in [2.24, 2.45) is 5.16 Å². The van der Waals surface area contributed by atoms with Crippen molar-refractivity contribution < 1.29 is 9.63 Å². The number of hydrogen-bond acceptors (Lipinski definition) is 3. The number of nitrogens with zero attached hydrogens (tertiary/aromatic N) is 2. The van der Waals surface area contributed by atoms with Crippen LogP contribution in [-0.2, 0) is 4.84 Å². The van der Waals surface area contributed by atoms with Gasteiger partial charge in [0.05, 0.1) is 22.3 Å². The molecular weight excluding hydrogens is 419 g/mol. The van der Waals surface area contributed by atoms with Crippen LogP contribution in [0.4, 0.5) is 0 Å². The van der Waals surface area contributed by atoms with Crippen LogP contribution in [-0.4, -0.2) is 37.2 Å². The van der Waals surface area contributed by atoms with Gasteiger partial charge in [0.25, 0.3) is 5.91 Å². The van der Waals surface area contributed by atoms with Gasteiger partial charge in [0, 0.05) is 23.6 Å². The van der Waals surface area contributed by atoms with Crippen molar-refractivity contribution in [3.05, 3.63) is 68.2 Å². The van der Waals surface area contributed by atoms with E-state index in [0.29, 0.717) is 27.2 Å². The molecule has 1 unspecified atom stereocenters. The summed E-state index contributed by atoms with van der Waals surface area (Å²) >= 11 is 18.3. The number of oxime groups is 1. The van der Waals surface area contributed by atoms with Crippen molar-refractivity contribution in [3.63, 3.8) is 0 Å².